The maximum Gasteiger partial charge on any atom is 0.324 e. The van der Waals surface area contributed by atoms with Crippen molar-refractivity contribution in [2.24, 2.45) is 0 Å². The Kier molecular flexibility index (Phi) is 6.60. The number of esters is 1. The molecule has 18 heavy (non-hydrogen) atoms. The van der Waals surface area contributed by atoms with Crippen LogP contribution in [-0.4, -0.2) is 25.2 Å². The topological polar surface area (TPSA) is 38.3 Å². The van der Waals surface area contributed by atoms with E-state index < -0.39 is 6.04 Å². The van der Waals surface area contributed by atoms with Crippen LogP contribution in [0.3, 0.4) is 0 Å². The highest BCUT2D eigenvalue weighted by Crippen LogP contribution is 2.00. The minimum Gasteiger partial charge on any atom is -0.465 e. The van der Waals surface area contributed by atoms with Crippen molar-refractivity contribution in [2.75, 3.05) is 13.2 Å². The Morgan fingerprint density at radius 2 is 2.17 bits per heavy atom. The molecule has 0 saturated heterocycles. The molecule has 0 aliphatic carbocycles. The van der Waals surface area contributed by atoms with Crippen LogP contribution in [-0.2, 0) is 16.0 Å². The molecule has 0 fully saturated rings. The first-order valence-corrected chi connectivity index (χ1v) is 6.15. The molecule has 0 radical (unpaired) electrons. The van der Waals surface area contributed by atoms with Crippen molar-refractivity contribution in [3.63, 3.8) is 0 Å². The van der Waals surface area contributed by atoms with Gasteiger partial charge in [-0.05, 0) is 18.9 Å². The minimum atomic E-state index is -0.404. The molecule has 1 aromatic carbocycles. The third-order valence-corrected chi connectivity index (χ3v) is 2.54. The summed E-state index contributed by atoms with van der Waals surface area (Å²) in [5.74, 6) is 2.22. The van der Waals surface area contributed by atoms with Crippen molar-refractivity contribution in [2.45, 2.75) is 25.8 Å². The Bertz CT molecular complexity index is 395. The normalized spacial score (nSPS) is 11.6. The molecule has 0 spiro atoms. The van der Waals surface area contributed by atoms with E-state index in [0.717, 1.165) is 6.42 Å². The van der Waals surface area contributed by atoms with E-state index in [-0.39, 0.29) is 5.97 Å². The van der Waals surface area contributed by atoms with E-state index in [4.69, 9.17) is 11.2 Å². The summed E-state index contributed by atoms with van der Waals surface area (Å²) in [5, 5.41) is 3.14. The number of ether oxygens (including phenoxy) is 1. The molecule has 0 bridgehead atoms. The number of benzene rings is 1. The molecule has 0 aliphatic heterocycles. The summed E-state index contributed by atoms with van der Waals surface area (Å²) in [6.07, 6.45) is 6.47. The van der Waals surface area contributed by atoms with Gasteiger partial charge in [-0.3, -0.25) is 4.79 Å². The van der Waals surface area contributed by atoms with Gasteiger partial charge in [0.25, 0.3) is 0 Å². The van der Waals surface area contributed by atoms with Crippen LogP contribution in [0.25, 0.3) is 0 Å². The van der Waals surface area contributed by atoms with Crippen molar-refractivity contribution in [1.82, 2.24) is 5.32 Å². The van der Waals surface area contributed by atoms with Gasteiger partial charge in [0.1, 0.15) is 6.04 Å². The van der Waals surface area contributed by atoms with Gasteiger partial charge in [-0.15, -0.1) is 12.3 Å². The molecule has 0 heterocycles. The summed E-state index contributed by atoms with van der Waals surface area (Å²) in [7, 11) is 0. The van der Waals surface area contributed by atoms with Gasteiger partial charge in [0.2, 0.25) is 0 Å². The van der Waals surface area contributed by atoms with Crippen molar-refractivity contribution in [3.8, 4) is 12.3 Å². The molecule has 3 nitrogen and oxygen atoms in total. The van der Waals surface area contributed by atoms with Gasteiger partial charge in [0.15, 0.2) is 0 Å². The van der Waals surface area contributed by atoms with Crippen LogP contribution in [0.2, 0.25) is 0 Å². The summed E-state index contributed by atoms with van der Waals surface area (Å²) in [6, 6.07) is 9.69. The van der Waals surface area contributed by atoms with Crippen LogP contribution in [0.4, 0.5) is 0 Å². The SMILES string of the molecule is C#CC[C@@H](NCCc1ccccc1)C(=O)OCC. The maximum absolute atomic E-state index is 11.6. The number of hydrogen-bond donors (Lipinski definition) is 1. The fourth-order valence-corrected chi connectivity index (χ4v) is 1.63. The van der Waals surface area contributed by atoms with E-state index in [2.05, 4.69) is 23.4 Å². The lowest BCUT2D eigenvalue weighted by atomic mass is 10.1. The van der Waals surface area contributed by atoms with Crippen LogP contribution in [0, 0.1) is 12.3 Å². The zero-order valence-corrected chi connectivity index (χ0v) is 10.7. The molecular formula is C15H19NO2. The van der Waals surface area contributed by atoms with Crippen LogP contribution in [0.1, 0.15) is 18.9 Å². The molecule has 1 rings (SSSR count). The van der Waals surface area contributed by atoms with E-state index >= 15 is 0 Å². The molecule has 3 heteroatoms. The van der Waals surface area contributed by atoms with E-state index in [1.807, 2.05) is 18.2 Å². The van der Waals surface area contributed by atoms with Crippen molar-refractivity contribution in [3.05, 3.63) is 35.9 Å². The second kappa shape index (κ2) is 8.32. The van der Waals surface area contributed by atoms with Gasteiger partial charge < -0.3 is 10.1 Å². The highest BCUT2D eigenvalue weighted by atomic mass is 16.5. The number of hydrogen-bond acceptors (Lipinski definition) is 3. The average molecular weight is 245 g/mol. The molecule has 0 amide bonds. The Morgan fingerprint density at radius 1 is 1.44 bits per heavy atom. The van der Waals surface area contributed by atoms with Crippen LogP contribution in [0.5, 0.6) is 0 Å². The average Bonchev–Trinajstić information content (AvgIpc) is 2.39. The Hall–Kier alpha value is -1.79. The van der Waals surface area contributed by atoms with Crippen molar-refractivity contribution in [1.29, 1.82) is 0 Å². The first kappa shape index (κ1) is 14.3. The maximum atomic E-state index is 11.6. The fraction of sp³-hybridized carbons (Fsp3) is 0.400. The number of carbonyl (C=O) groups excluding carboxylic acids is 1. The quantitative estimate of drug-likeness (QED) is 0.588. The van der Waals surface area contributed by atoms with Gasteiger partial charge >= 0.3 is 5.97 Å². The summed E-state index contributed by atoms with van der Waals surface area (Å²) in [5.41, 5.74) is 1.23. The van der Waals surface area contributed by atoms with Crippen LogP contribution < -0.4 is 5.32 Å². The zero-order chi connectivity index (χ0) is 13.2. The predicted octanol–water partition coefficient (Wildman–Crippen LogP) is 1.77. The van der Waals surface area contributed by atoms with Crippen molar-refractivity contribution < 1.29 is 9.53 Å². The number of terminal acetylenes is 1. The predicted molar refractivity (Wildman–Crippen MR) is 72.0 cm³/mol. The monoisotopic (exact) mass is 245 g/mol. The molecule has 1 aromatic rings. The fourth-order valence-electron chi connectivity index (χ4n) is 1.63. The summed E-state index contributed by atoms with van der Waals surface area (Å²) < 4.78 is 4.96. The first-order chi connectivity index (χ1) is 8.77. The molecular weight excluding hydrogens is 226 g/mol. The standard InChI is InChI=1S/C15H19NO2/c1-3-8-14(15(17)18-4-2)16-12-11-13-9-6-5-7-10-13/h1,5-7,9-10,14,16H,4,8,11-12H2,2H3/t14-/m1/s1. The molecule has 0 aliphatic rings. The third kappa shape index (κ3) is 5.03. The lowest BCUT2D eigenvalue weighted by molar-refractivity contribution is -0.145. The Morgan fingerprint density at radius 3 is 2.78 bits per heavy atom. The Balaban J connectivity index is 2.38. The second-order valence-corrected chi connectivity index (χ2v) is 3.90. The van der Waals surface area contributed by atoms with Gasteiger partial charge in [-0.1, -0.05) is 30.3 Å². The molecule has 1 N–H and O–H groups in total. The molecule has 0 unspecified atom stereocenters. The van der Waals surface area contributed by atoms with Crippen LogP contribution >= 0.6 is 0 Å². The largest absolute Gasteiger partial charge is 0.465 e. The van der Waals surface area contributed by atoms with Crippen molar-refractivity contribution >= 4 is 5.97 Å². The lowest BCUT2D eigenvalue weighted by Gasteiger charge is -2.14. The van der Waals surface area contributed by atoms with E-state index in [0.29, 0.717) is 19.6 Å². The number of rotatable bonds is 7. The first-order valence-electron chi connectivity index (χ1n) is 6.15. The molecule has 1 atom stereocenters. The third-order valence-electron chi connectivity index (χ3n) is 2.54. The number of nitrogens with one attached hydrogen (secondary N) is 1. The second-order valence-electron chi connectivity index (χ2n) is 3.90. The zero-order valence-electron chi connectivity index (χ0n) is 10.7. The summed E-state index contributed by atoms with van der Waals surface area (Å²) in [6.45, 7) is 2.87. The van der Waals surface area contributed by atoms with Gasteiger partial charge in [0, 0.05) is 13.0 Å². The minimum absolute atomic E-state index is 0.275. The van der Waals surface area contributed by atoms with E-state index in [1.165, 1.54) is 5.56 Å². The Labute approximate surface area is 109 Å². The molecule has 0 saturated carbocycles. The molecule has 0 aromatic heterocycles. The highest BCUT2D eigenvalue weighted by Gasteiger charge is 2.17. The summed E-state index contributed by atoms with van der Waals surface area (Å²) >= 11 is 0. The van der Waals surface area contributed by atoms with Crippen LogP contribution in [0.15, 0.2) is 30.3 Å². The highest BCUT2D eigenvalue weighted by molar-refractivity contribution is 5.76. The van der Waals surface area contributed by atoms with Gasteiger partial charge in [0.05, 0.1) is 6.61 Å². The molecule has 96 valence electrons. The number of carbonyl (C=O) groups is 1. The lowest BCUT2D eigenvalue weighted by Crippen LogP contribution is -2.38. The van der Waals surface area contributed by atoms with E-state index in [9.17, 15) is 4.79 Å². The van der Waals surface area contributed by atoms with Gasteiger partial charge in [-0.2, -0.15) is 0 Å². The summed E-state index contributed by atoms with van der Waals surface area (Å²) in [4.78, 5) is 11.6. The van der Waals surface area contributed by atoms with Gasteiger partial charge in [-0.25, -0.2) is 0 Å². The smallest absolute Gasteiger partial charge is 0.324 e. The van der Waals surface area contributed by atoms with E-state index in [1.54, 1.807) is 6.92 Å².